The Kier molecular flexibility index (Phi) is 4.38. The van der Waals surface area contributed by atoms with Crippen LogP contribution in [0.5, 0.6) is 0 Å². The van der Waals surface area contributed by atoms with Crippen molar-refractivity contribution in [3.05, 3.63) is 42.0 Å². The summed E-state index contributed by atoms with van der Waals surface area (Å²) in [6.45, 7) is 2.08. The van der Waals surface area contributed by atoms with Gasteiger partial charge in [-0.3, -0.25) is 0 Å². The van der Waals surface area contributed by atoms with Gasteiger partial charge in [0.1, 0.15) is 12.1 Å². The fourth-order valence-corrected chi connectivity index (χ4v) is 2.10. The summed E-state index contributed by atoms with van der Waals surface area (Å²) in [6, 6.07) is 6.14. The number of thioether (sulfide) groups is 1. The Hall–Kier alpha value is -1.33. The zero-order chi connectivity index (χ0) is 13.0. The third kappa shape index (κ3) is 3.34. The normalized spacial score (nSPS) is 12.6. The van der Waals surface area contributed by atoms with Crippen molar-refractivity contribution in [2.75, 3.05) is 6.61 Å². The van der Waals surface area contributed by atoms with Gasteiger partial charge in [0, 0.05) is 16.6 Å². The first-order valence-electron chi connectivity index (χ1n) is 5.62. The van der Waals surface area contributed by atoms with Crippen molar-refractivity contribution in [3.8, 4) is 11.5 Å². The summed E-state index contributed by atoms with van der Waals surface area (Å²) in [5.74, 6) is 0.776. The predicted octanol–water partition coefficient (Wildman–Crippen LogP) is 3.09. The second kappa shape index (κ2) is 6.02. The minimum absolute atomic E-state index is 0.138. The molecule has 0 fully saturated rings. The van der Waals surface area contributed by atoms with Crippen LogP contribution in [-0.4, -0.2) is 21.9 Å². The molecule has 1 heterocycles. The van der Waals surface area contributed by atoms with Crippen LogP contribution in [0.2, 0.25) is 0 Å². The van der Waals surface area contributed by atoms with E-state index in [1.807, 2.05) is 6.92 Å². The Bertz CT molecular complexity index is 515. The van der Waals surface area contributed by atoms with E-state index in [2.05, 4.69) is 4.98 Å². The summed E-state index contributed by atoms with van der Waals surface area (Å²) in [7, 11) is 0. The van der Waals surface area contributed by atoms with Crippen LogP contribution in [0.25, 0.3) is 11.5 Å². The van der Waals surface area contributed by atoms with Crippen LogP contribution in [0.1, 0.15) is 12.6 Å². The van der Waals surface area contributed by atoms with Gasteiger partial charge in [0.05, 0.1) is 12.3 Å². The molecule has 2 rings (SSSR count). The molecule has 3 nitrogen and oxygen atoms in total. The Balaban J connectivity index is 2.06. The molecule has 1 aromatic heterocycles. The summed E-state index contributed by atoms with van der Waals surface area (Å²) < 4.78 is 18.4. The number of rotatable bonds is 5. The lowest BCUT2D eigenvalue weighted by Gasteiger charge is -2.04. The third-order valence-electron chi connectivity index (χ3n) is 2.40. The summed E-state index contributed by atoms with van der Waals surface area (Å²) >= 11 is 1.59. The van der Waals surface area contributed by atoms with Crippen LogP contribution in [0.3, 0.4) is 0 Å². The number of hydrogen-bond acceptors (Lipinski definition) is 4. The molecule has 0 bridgehead atoms. The third-order valence-corrected chi connectivity index (χ3v) is 3.58. The van der Waals surface area contributed by atoms with E-state index in [1.54, 1.807) is 30.2 Å². The van der Waals surface area contributed by atoms with Crippen LogP contribution >= 0.6 is 11.8 Å². The molecule has 1 N–H and O–H groups in total. The molecule has 1 aromatic carbocycles. The number of oxazole rings is 1. The zero-order valence-corrected chi connectivity index (χ0v) is 10.8. The van der Waals surface area contributed by atoms with E-state index in [1.165, 1.54) is 12.1 Å². The average Bonchev–Trinajstić information content (AvgIpc) is 2.84. The van der Waals surface area contributed by atoms with Crippen molar-refractivity contribution < 1.29 is 13.9 Å². The fraction of sp³-hybridized carbons (Fsp3) is 0.308. The molecule has 0 saturated heterocycles. The molecular weight excluding hydrogens is 253 g/mol. The van der Waals surface area contributed by atoms with Crippen LogP contribution in [-0.2, 0) is 5.75 Å². The lowest BCUT2D eigenvalue weighted by molar-refractivity contribution is 0.300. The van der Waals surface area contributed by atoms with Gasteiger partial charge in [-0.15, -0.1) is 11.8 Å². The van der Waals surface area contributed by atoms with E-state index in [4.69, 9.17) is 9.52 Å². The van der Waals surface area contributed by atoms with E-state index in [0.717, 1.165) is 5.69 Å². The van der Waals surface area contributed by atoms with Crippen LogP contribution in [0, 0.1) is 5.82 Å². The van der Waals surface area contributed by atoms with Crippen LogP contribution in [0.4, 0.5) is 4.39 Å². The Labute approximate surface area is 109 Å². The lowest BCUT2D eigenvalue weighted by Crippen LogP contribution is -2.02. The van der Waals surface area contributed by atoms with Gasteiger partial charge in [-0.2, -0.15) is 0 Å². The molecule has 0 saturated carbocycles. The van der Waals surface area contributed by atoms with Gasteiger partial charge in [-0.25, -0.2) is 9.37 Å². The Morgan fingerprint density at radius 3 is 3.06 bits per heavy atom. The Morgan fingerprint density at radius 2 is 2.33 bits per heavy atom. The molecule has 0 aliphatic rings. The number of hydrogen-bond donors (Lipinski definition) is 1. The highest BCUT2D eigenvalue weighted by Gasteiger charge is 2.09. The molecule has 2 aromatic rings. The van der Waals surface area contributed by atoms with E-state index < -0.39 is 0 Å². The summed E-state index contributed by atoms with van der Waals surface area (Å²) in [6.07, 6.45) is 1.57. The van der Waals surface area contributed by atoms with Crippen molar-refractivity contribution >= 4 is 11.8 Å². The standard InChI is InChI=1S/C13H14FNO2S/c1-9(6-16)18-8-12-7-17-13(15-12)10-3-2-4-11(14)5-10/h2-5,7,9,16H,6,8H2,1H3. The molecule has 0 radical (unpaired) electrons. The van der Waals surface area contributed by atoms with Crippen molar-refractivity contribution in [2.24, 2.45) is 0 Å². The van der Waals surface area contributed by atoms with Gasteiger partial charge in [-0.1, -0.05) is 13.0 Å². The molecule has 0 aliphatic carbocycles. The van der Waals surface area contributed by atoms with Gasteiger partial charge in [0.15, 0.2) is 0 Å². The van der Waals surface area contributed by atoms with Crippen LogP contribution < -0.4 is 0 Å². The van der Waals surface area contributed by atoms with Crippen molar-refractivity contribution in [2.45, 2.75) is 17.9 Å². The maximum atomic E-state index is 13.1. The number of aromatic nitrogens is 1. The first kappa shape index (κ1) is 13.1. The van der Waals surface area contributed by atoms with E-state index >= 15 is 0 Å². The highest BCUT2D eigenvalue weighted by Crippen LogP contribution is 2.22. The van der Waals surface area contributed by atoms with Crippen molar-refractivity contribution in [1.29, 1.82) is 0 Å². The van der Waals surface area contributed by atoms with Gasteiger partial charge >= 0.3 is 0 Å². The van der Waals surface area contributed by atoms with E-state index in [9.17, 15) is 4.39 Å². The van der Waals surface area contributed by atoms with Crippen molar-refractivity contribution in [3.63, 3.8) is 0 Å². The van der Waals surface area contributed by atoms with Gasteiger partial charge in [0.25, 0.3) is 0 Å². The molecule has 0 aliphatic heterocycles. The van der Waals surface area contributed by atoms with Crippen molar-refractivity contribution in [1.82, 2.24) is 4.98 Å². The maximum Gasteiger partial charge on any atom is 0.226 e. The highest BCUT2D eigenvalue weighted by molar-refractivity contribution is 7.99. The fourth-order valence-electron chi connectivity index (χ4n) is 1.41. The topological polar surface area (TPSA) is 46.3 Å². The first-order valence-corrected chi connectivity index (χ1v) is 6.66. The second-order valence-electron chi connectivity index (χ2n) is 3.96. The minimum atomic E-state index is -0.310. The van der Waals surface area contributed by atoms with Gasteiger partial charge < -0.3 is 9.52 Å². The molecule has 1 atom stereocenters. The summed E-state index contributed by atoms with van der Waals surface area (Å²) in [4.78, 5) is 4.29. The minimum Gasteiger partial charge on any atom is -0.444 e. The quantitative estimate of drug-likeness (QED) is 0.904. The van der Waals surface area contributed by atoms with E-state index in [0.29, 0.717) is 17.2 Å². The zero-order valence-electron chi connectivity index (χ0n) is 9.97. The maximum absolute atomic E-state index is 13.1. The Morgan fingerprint density at radius 1 is 1.50 bits per heavy atom. The van der Waals surface area contributed by atoms with Crippen LogP contribution in [0.15, 0.2) is 34.9 Å². The highest BCUT2D eigenvalue weighted by atomic mass is 32.2. The SMILES string of the molecule is CC(CO)SCc1coc(-c2cccc(F)c2)n1. The molecule has 5 heteroatoms. The monoisotopic (exact) mass is 267 g/mol. The number of halogens is 1. The second-order valence-corrected chi connectivity index (χ2v) is 5.39. The van der Waals surface area contributed by atoms with Gasteiger partial charge in [0.2, 0.25) is 5.89 Å². The smallest absolute Gasteiger partial charge is 0.226 e. The first-order chi connectivity index (χ1) is 8.69. The largest absolute Gasteiger partial charge is 0.444 e. The average molecular weight is 267 g/mol. The molecule has 1 unspecified atom stereocenters. The molecular formula is C13H14FNO2S. The number of aliphatic hydroxyl groups is 1. The number of nitrogens with zero attached hydrogens (tertiary/aromatic N) is 1. The number of benzene rings is 1. The lowest BCUT2D eigenvalue weighted by atomic mass is 10.2. The number of aliphatic hydroxyl groups excluding tert-OH is 1. The summed E-state index contributed by atoms with van der Waals surface area (Å²) in [5.41, 5.74) is 1.42. The van der Waals surface area contributed by atoms with Gasteiger partial charge in [-0.05, 0) is 18.2 Å². The molecule has 18 heavy (non-hydrogen) atoms. The molecule has 96 valence electrons. The molecule has 0 amide bonds. The summed E-state index contributed by atoms with van der Waals surface area (Å²) in [5, 5.41) is 9.09. The molecule has 0 spiro atoms. The predicted molar refractivity (Wildman–Crippen MR) is 69.7 cm³/mol. The van der Waals surface area contributed by atoms with E-state index in [-0.39, 0.29) is 17.7 Å².